The fourth-order valence-electron chi connectivity index (χ4n) is 2.43. The highest BCUT2D eigenvalue weighted by atomic mass is 16.5. The largest absolute Gasteiger partial charge is 0.493 e. The standard InChI is InChI=1S/C18H22O5/c1-5-21-15-10-16-14(12(4)8-18(20)23-16)9-13(15)6-7-17(19)22-11(2)3/h8-11H,5-7H2,1-4H3. The third kappa shape index (κ3) is 4.34. The van der Waals surface area contributed by atoms with Crippen LogP contribution < -0.4 is 10.4 Å². The Morgan fingerprint density at radius 2 is 2.00 bits per heavy atom. The van der Waals surface area contributed by atoms with E-state index in [1.807, 2.05) is 33.8 Å². The molecule has 0 saturated carbocycles. The maximum Gasteiger partial charge on any atom is 0.336 e. The van der Waals surface area contributed by atoms with Gasteiger partial charge < -0.3 is 13.9 Å². The molecule has 1 heterocycles. The predicted molar refractivity (Wildman–Crippen MR) is 87.9 cm³/mol. The van der Waals surface area contributed by atoms with Crippen molar-refractivity contribution in [2.45, 2.75) is 46.6 Å². The molecule has 0 aliphatic carbocycles. The van der Waals surface area contributed by atoms with Gasteiger partial charge in [-0.05, 0) is 51.3 Å². The number of rotatable bonds is 6. The molecule has 124 valence electrons. The molecule has 1 aromatic heterocycles. The van der Waals surface area contributed by atoms with Crippen LogP contribution in [0.25, 0.3) is 11.0 Å². The van der Waals surface area contributed by atoms with Crippen LogP contribution in [0.2, 0.25) is 0 Å². The lowest BCUT2D eigenvalue weighted by Gasteiger charge is -2.13. The number of carbonyl (C=O) groups is 1. The second-order valence-corrected chi connectivity index (χ2v) is 5.68. The van der Waals surface area contributed by atoms with Crippen molar-refractivity contribution in [2.75, 3.05) is 6.61 Å². The predicted octanol–water partition coefficient (Wildman–Crippen LogP) is 3.38. The molecular formula is C18H22O5. The summed E-state index contributed by atoms with van der Waals surface area (Å²) in [5, 5.41) is 0.847. The monoisotopic (exact) mass is 318 g/mol. The maximum atomic E-state index is 11.7. The lowest BCUT2D eigenvalue weighted by molar-refractivity contribution is -0.147. The Hall–Kier alpha value is -2.30. The number of hydrogen-bond donors (Lipinski definition) is 0. The van der Waals surface area contributed by atoms with Gasteiger partial charge in [0.05, 0.1) is 12.7 Å². The summed E-state index contributed by atoms with van der Waals surface area (Å²) in [6.45, 7) is 7.88. The van der Waals surface area contributed by atoms with Gasteiger partial charge in [0.15, 0.2) is 0 Å². The number of hydrogen-bond acceptors (Lipinski definition) is 5. The van der Waals surface area contributed by atoms with Gasteiger partial charge in [0, 0.05) is 23.9 Å². The first kappa shape index (κ1) is 17.1. The lowest BCUT2D eigenvalue weighted by Crippen LogP contribution is -2.12. The Labute approximate surface area is 135 Å². The number of benzene rings is 1. The second-order valence-electron chi connectivity index (χ2n) is 5.68. The molecule has 2 rings (SSSR count). The Kier molecular flexibility index (Phi) is 5.42. The smallest absolute Gasteiger partial charge is 0.336 e. The average Bonchev–Trinajstić information content (AvgIpc) is 2.44. The van der Waals surface area contributed by atoms with Crippen LogP contribution in [-0.4, -0.2) is 18.7 Å². The van der Waals surface area contributed by atoms with Gasteiger partial charge in [0.1, 0.15) is 11.3 Å². The molecule has 0 unspecified atom stereocenters. The van der Waals surface area contributed by atoms with Gasteiger partial charge in [-0.15, -0.1) is 0 Å². The minimum absolute atomic E-state index is 0.123. The Bertz CT molecular complexity index is 758. The minimum Gasteiger partial charge on any atom is -0.493 e. The first-order chi connectivity index (χ1) is 10.9. The molecule has 23 heavy (non-hydrogen) atoms. The topological polar surface area (TPSA) is 65.7 Å². The number of esters is 1. The van der Waals surface area contributed by atoms with Crippen LogP contribution in [0.1, 0.15) is 38.3 Å². The molecule has 2 aromatic rings. The van der Waals surface area contributed by atoms with Gasteiger partial charge in [-0.1, -0.05) is 0 Å². The molecule has 5 heteroatoms. The van der Waals surface area contributed by atoms with Crippen molar-refractivity contribution >= 4 is 16.9 Å². The maximum absolute atomic E-state index is 11.7. The highest BCUT2D eigenvalue weighted by molar-refractivity contribution is 5.83. The summed E-state index contributed by atoms with van der Waals surface area (Å²) in [7, 11) is 0. The molecule has 0 atom stereocenters. The van der Waals surface area contributed by atoms with Crippen LogP contribution in [0.3, 0.4) is 0 Å². The Morgan fingerprint density at radius 3 is 2.65 bits per heavy atom. The van der Waals surface area contributed by atoms with Crippen LogP contribution in [0, 0.1) is 6.92 Å². The molecule has 0 spiro atoms. The quantitative estimate of drug-likeness (QED) is 0.603. The zero-order valence-electron chi connectivity index (χ0n) is 14.0. The molecule has 0 fully saturated rings. The third-order valence-corrected chi connectivity index (χ3v) is 3.40. The number of aryl methyl sites for hydroxylation is 2. The van der Waals surface area contributed by atoms with E-state index in [9.17, 15) is 9.59 Å². The van der Waals surface area contributed by atoms with Crippen molar-refractivity contribution < 1.29 is 18.7 Å². The zero-order chi connectivity index (χ0) is 17.0. The second kappa shape index (κ2) is 7.31. The van der Waals surface area contributed by atoms with Crippen molar-refractivity contribution in [2.24, 2.45) is 0 Å². The molecule has 0 saturated heterocycles. The molecule has 5 nitrogen and oxygen atoms in total. The molecular weight excluding hydrogens is 296 g/mol. The van der Waals surface area contributed by atoms with Crippen LogP contribution in [0.15, 0.2) is 27.4 Å². The summed E-state index contributed by atoms with van der Waals surface area (Å²) in [5.74, 6) is 0.393. The van der Waals surface area contributed by atoms with E-state index in [0.29, 0.717) is 24.4 Å². The highest BCUT2D eigenvalue weighted by Gasteiger charge is 2.13. The van der Waals surface area contributed by atoms with Gasteiger partial charge in [-0.25, -0.2) is 4.79 Å². The van der Waals surface area contributed by atoms with E-state index in [4.69, 9.17) is 13.9 Å². The van der Waals surface area contributed by atoms with Crippen molar-refractivity contribution in [1.29, 1.82) is 0 Å². The van der Waals surface area contributed by atoms with Crippen molar-refractivity contribution in [1.82, 2.24) is 0 Å². The Morgan fingerprint density at radius 1 is 1.26 bits per heavy atom. The van der Waals surface area contributed by atoms with E-state index in [2.05, 4.69) is 0 Å². The summed E-state index contributed by atoms with van der Waals surface area (Å²) in [6.07, 6.45) is 0.664. The van der Waals surface area contributed by atoms with E-state index in [1.165, 1.54) is 6.07 Å². The third-order valence-electron chi connectivity index (χ3n) is 3.40. The van der Waals surface area contributed by atoms with Crippen LogP contribution in [-0.2, 0) is 16.0 Å². The Balaban J connectivity index is 2.34. The van der Waals surface area contributed by atoms with Gasteiger partial charge >= 0.3 is 11.6 Å². The first-order valence-corrected chi connectivity index (χ1v) is 7.80. The summed E-state index contributed by atoms with van der Waals surface area (Å²) >= 11 is 0. The minimum atomic E-state index is -0.384. The average molecular weight is 318 g/mol. The lowest BCUT2D eigenvalue weighted by atomic mass is 10.0. The van der Waals surface area contributed by atoms with E-state index < -0.39 is 0 Å². The van der Waals surface area contributed by atoms with Crippen molar-refractivity contribution in [3.63, 3.8) is 0 Å². The summed E-state index contributed by atoms with van der Waals surface area (Å²) in [6, 6.07) is 5.09. The zero-order valence-corrected chi connectivity index (χ0v) is 14.0. The number of carbonyl (C=O) groups excluding carboxylic acids is 1. The molecule has 0 bridgehead atoms. The molecule has 0 radical (unpaired) electrons. The SMILES string of the molecule is CCOc1cc2oc(=O)cc(C)c2cc1CCC(=O)OC(C)C. The van der Waals surface area contributed by atoms with Crippen LogP contribution in [0.5, 0.6) is 5.75 Å². The molecule has 0 amide bonds. The molecule has 0 N–H and O–H groups in total. The van der Waals surface area contributed by atoms with Gasteiger partial charge in [0.2, 0.25) is 0 Å². The van der Waals surface area contributed by atoms with E-state index in [-0.39, 0.29) is 24.1 Å². The summed E-state index contributed by atoms with van der Waals surface area (Å²) in [5.41, 5.74) is 1.85. The van der Waals surface area contributed by atoms with E-state index in [1.54, 1.807) is 6.07 Å². The molecule has 0 aliphatic rings. The van der Waals surface area contributed by atoms with Gasteiger partial charge in [0.25, 0.3) is 0 Å². The fourth-order valence-corrected chi connectivity index (χ4v) is 2.43. The van der Waals surface area contributed by atoms with Crippen molar-refractivity contribution in [3.05, 3.63) is 39.7 Å². The first-order valence-electron chi connectivity index (χ1n) is 7.80. The van der Waals surface area contributed by atoms with Crippen molar-refractivity contribution in [3.8, 4) is 5.75 Å². The highest BCUT2D eigenvalue weighted by Crippen LogP contribution is 2.28. The van der Waals surface area contributed by atoms with Gasteiger partial charge in [-0.3, -0.25) is 4.79 Å². The fraction of sp³-hybridized carbons (Fsp3) is 0.444. The van der Waals surface area contributed by atoms with E-state index in [0.717, 1.165) is 16.5 Å². The van der Waals surface area contributed by atoms with Crippen LogP contribution >= 0.6 is 0 Å². The number of ether oxygens (including phenoxy) is 2. The summed E-state index contributed by atoms with van der Waals surface area (Å²) < 4.78 is 16.0. The van der Waals surface area contributed by atoms with E-state index >= 15 is 0 Å². The normalized spacial score (nSPS) is 11.0. The van der Waals surface area contributed by atoms with Crippen LogP contribution in [0.4, 0.5) is 0 Å². The number of fused-ring (bicyclic) bond motifs is 1. The molecule has 0 aliphatic heterocycles. The summed E-state index contributed by atoms with van der Waals surface area (Å²) in [4.78, 5) is 23.3. The molecule has 1 aromatic carbocycles. The van der Waals surface area contributed by atoms with Gasteiger partial charge in [-0.2, -0.15) is 0 Å².